The third kappa shape index (κ3) is 3.80. The highest BCUT2D eigenvalue weighted by Crippen LogP contribution is 2.11. The summed E-state index contributed by atoms with van der Waals surface area (Å²) in [5, 5.41) is 9.04. The second kappa shape index (κ2) is 7.06. The average molecular weight is 282 g/mol. The highest BCUT2D eigenvalue weighted by atomic mass is 16.1. The van der Waals surface area contributed by atoms with E-state index in [2.05, 4.69) is 29.7 Å². The maximum atomic E-state index is 12.0. The Kier molecular flexibility index (Phi) is 5.44. The molecule has 0 aliphatic carbocycles. The summed E-state index contributed by atoms with van der Waals surface area (Å²) in [6.45, 7) is 14.8. The molecule has 0 fully saturated rings. The molecule has 1 rings (SSSR count). The van der Waals surface area contributed by atoms with Gasteiger partial charge in [0.15, 0.2) is 0 Å². The van der Waals surface area contributed by atoms with Gasteiger partial charge in [-0.2, -0.15) is 5.26 Å². The van der Waals surface area contributed by atoms with E-state index in [1.807, 2.05) is 6.07 Å². The van der Waals surface area contributed by atoms with Gasteiger partial charge in [-0.25, -0.2) is 4.79 Å². The van der Waals surface area contributed by atoms with E-state index in [0.717, 1.165) is 5.69 Å². The van der Waals surface area contributed by atoms with Crippen molar-refractivity contribution in [2.45, 2.75) is 20.4 Å². The quantitative estimate of drug-likeness (QED) is 0.495. The SMILES string of the molecule is C=C/C(C#N)=C(\C=C)Cn1c(C)c(C=NC(=C)C)[nH]c1=O. The molecule has 1 aromatic rings. The molecule has 21 heavy (non-hydrogen) atoms. The second-order valence-electron chi connectivity index (χ2n) is 4.47. The van der Waals surface area contributed by atoms with Gasteiger partial charge in [0.25, 0.3) is 0 Å². The molecular formula is C16H18N4O. The molecule has 108 valence electrons. The van der Waals surface area contributed by atoms with E-state index >= 15 is 0 Å². The molecule has 0 radical (unpaired) electrons. The maximum Gasteiger partial charge on any atom is 0.326 e. The lowest BCUT2D eigenvalue weighted by atomic mass is 10.1. The van der Waals surface area contributed by atoms with Gasteiger partial charge in [0.2, 0.25) is 0 Å². The van der Waals surface area contributed by atoms with Crippen LogP contribution in [0, 0.1) is 18.3 Å². The number of H-pyrrole nitrogens is 1. The predicted octanol–water partition coefficient (Wildman–Crippen LogP) is 2.63. The van der Waals surface area contributed by atoms with Gasteiger partial charge in [0.05, 0.1) is 30.1 Å². The normalized spacial score (nSPS) is 11.9. The zero-order valence-electron chi connectivity index (χ0n) is 12.3. The molecule has 0 bridgehead atoms. The number of aromatic nitrogens is 2. The minimum absolute atomic E-state index is 0.250. The molecule has 0 aliphatic heterocycles. The molecule has 0 spiro atoms. The molecule has 0 aliphatic rings. The largest absolute Gasteiger partial charge is 0.326 e. The predicted molar refractivity (Wildman–Crippen MR) is 85.2 cm³/mol. The fourth-order valence-corrected chi connectivity index (χ4v) is 1.74. The number of nitriles is 1. The van der Waals surface area contributed by atoms with Crippen molar-refractivity contribution in [2.75, 3.05) is 0 Å². The Labute approximate surface area is 124 Å². The topological polar surface area (TPSA) is 73.9 Å². The maximum absolute atomic E-state index is 12.0. The first kappa shape index (κ1) is 16.2. The smallest absolute Gasteiger partial charge is 0.304 e. The van der Waals surface area contributed by atoms with E-state index in [1.54, 1.807) is 26.1 Å². The van der Waals surface area contributed by atoms with E-state index in [-0.39, 0.29) is 12.2 Å². The molecule has 0 atom stereocenters. The van der Waals surface area contributed by atoms with Gasteiger partial charge in [-0.1, -0.05) is 31.9 Å². The van der Waals surface area contributed by atoms with Crippen molar-refractivity contribution in [3.05, 3.63) is 70.6 Å². The van der Waals surface area contributed by atoms with Gasteiger partial charge < -0.3 is 4.98 Å². The summed E-state index contributed by atoms with van der Waals surface area (Å²) in [7, 11) is 0. The second-order valence-corrected chi connectivity index (χ2v) is 4.47. The van der Waals surface area contributed by atoms with Gasteiger partial charge in [-0.05, 0) is 19.4 Å². The first-order valence-electron chi connectivity index (χ1n) is 6.31. The molecule has 5 nitrogen and oxygen atoms in total. The summed E-state index contributed by atoms with van der Waals surface area (Å²) >= 11 is 0. The summed E-state index contributed by atoms with van der Waals surface area (Å²) in [6.07, 6.45) is 4.57. The van der Waals surface area contributed by atoms with E-state index < -0.39 is 0 Å². The number of imidazole rings is 1. The minimum Gasteiger partial charge on any atom is -0.304 e. The van der Waals surface area contributed by atoms with Crippen LogP contribution in [0.25, 0.3) is 0 Å². The van der Waals surface area contributed by atoms with E-state index in [4.69, 9.17) is 5.26 Å². The summed E-state index contributed by atoms with van der Waals surface area (Å²) in [6, 6.07) is 2.04. The molecule has 1 aromatic heterocycles. The third-order valence-corrected chi connectivity index (χ3v) is 2.94. The number of aliphatic imine (C=N–C) groups is 1. The standard InChI is InChI=1S/C16H18N4O/c1-6-13(8-17)14(7-2)10-20-12(5)15(19-16(20)21)9-18-11(3)4/h6-7,9H,1-3,10H2,4-5H3,(H,19,21)/b14-13-,18-9?. The Hall–Kier alpha value is -2.87. The number of rotatable bonds is 6. The van der Waals surface area contributed by atoms with Crippen LogP contribution in [0.15, 0.2) is 58.5 Å². The average Bonchev–Trinajstić information content (AvgIpc) is 2.72. The van der Waals surface area contributed by atoms with Crippen LogP contribution >= 0.6 is 0 Å². The van der Waals surface area contributed by atoms with Gasteiger partial charge >= 0.3 is 5.69 Å². The zero-order chi connectivity index (χ0) is 16.0. The number of hydrogen-bond acceptors (Lipinski definition) is 3. The molecule has 5 heteroatoms. The summed E-state index contributed by atoms with van der Waals surface area (Å²) < 4.78 is 1.53. The van der Waals surface area contributed by atoms with Gasteiger partial charge in [-0.15, -0.1) is 0 Å². The molecule has 1 N–H and O–H groups in total. The molecule has 0 aromatic carbocycles. The molecule has 0 saturated carbocycles. The molecular weight excluding hydrogens is 264 g/mol. The first-order valence-corrected chi connectivity index (χ1v) is 6.31. The number of allylic oxidation sites excluding steroid dienone is 5. The number of nitrogens with one attached hydrogen (secondary N) is 1. The number of nitrogens with zero attached hydrogens (tertiary/aromatic N) is 3. The first-order chi connectivity index (χ1) is 9.94. The van der Waals surface area contributed by atoms with Crippen molar-refractivity contribution < 1.29 is 0 Å². The van der Waals surface area contributed by atoms with E-state index in [1.165, 1.54) is 10.6 Å². The van der Waals surface area contributed by atoms with Gasteiger partial charge in [0.1, 0.15) is 0 Å². The van der Waals surface area contributed by atoms with E-state index in [9.17, 15) is 4.79 Å². The Morgan fingerprint density at radius 1 is 1.48 bits per heavy atom. The molecule has 0 saturated heterocycles. The molecule has 0 unspecified atom stereocenters. The fourth-order valence-electron chi connectivity index (χ4n) is 1.74. The Bertz CT molecular complexity index is 735. The van der Waals surface area contributed by atoms with Gasteiger partial charge in [-0.3, -0.25) is 9.56 Å². The number of aromatic amines is 1. The van der Waals surface area contributed by atoms with Crippen LogP contribution in [0.3, 0.4) is 0 Å². The monoisotopic (exact) mass is 282 g/mol. The van der Waals surface area contributed by atoms with Crippen LogP contribution in [0.4, 0.5) is 0 Å². The van der Waals surface area contributed by atoms with E-state index in [0.29, 0.717) is 22.5 Å². The summed E-state index contributed by atoms with van der Waals surface area (Å²) in [5.41, 5.74) is 2.76. The van der Waals surface area contributed by atoms with Crippen molar-refractivity contribution in [3.8, 4) is 6.07 Å². The van der Waals surface area contributed by atoms with Crippen molar-refractivity contribution in [1.29, 1.82) is 5.26 Å². The number of hydrogen-bond donors (Lipinski definition) is 1. The van der Waals surface area contributed by atoms with Crippen LogP contribution in [-0.4, -0.2) is 15.8 Å². The lowest BCUT2D eigenvalue weighted by Crippen LogP contribution is -2.19. The summed E-state index contributed by atoms with van der Waals surface area (Å²) in [4.78, 5) is 18.8. The van der Waals surface area contributed by atoms with Crippen LogP contribution in [0.2, 0.25) is 0 Å². The lowest BCUT2D eigenvalue weighted by Gasteiger charge is -2.06. The van der Waals surface area contributed by atoms with Crippen molar-refractivity contribution in [1.82, 2.24) is 9.55 Å². The van der Waals surface area contributed by atoms with Crippen molar-refractivity contribution >= 4 is 6.21 Å². The van der Waals surface area contributed by atoms with Crippen LogP contribution in [-0.2, 0) is 6.54 Å². The lowest BCUT2D eigenvalue weighted by molar-refractivity contribution is 0.735. The molecule has 0 amide bonds. The Morgan fingerprint density at radius 3 is 2.62 bits per heavy atom. The third-order valence-electron chi connectivity index (χ3n) is 2.94. The highest BCUT2D eigenvalue weighted by Gasteiger charge is 2.10. The Morgan fingerprint density at radius 2 is 2.14 bits per heavy atom. The minimum atomic E-state index is -0.267. The zero-order valence-corrected chi connectivity index (χ0v) is 12.3. The fraction of sp³-hybridized carbons (Fsp3) is 0.188. The summed E-state index contributed by atoms with van der Waals surface area (Å²) in [5.74, 6) is 0. The Balaban J connectivity index is 3.28. The van der Waals surface area contributed by atoms with Crippen molar-refractivity contribution in [3.63, 3.8) is 0 Å². The van der Waals surface area contributed by atoms with Crippen LogP contribution in [0.1, 0.15) is 18.3 Å². The van der Waals surface area contributed by atoms with Crippen LogP contribution < -0.4 is 5.69 Å². The van der Waals surface area contributed by atoms with Crippen molar-refractivity contribution in [2.24, 2.45) is 4.99 Å². The van der Waals surface area contributed by atoms with Gasteiger partial charge in [0, 0.05) is 11.4 Å². The molecule has 1 heterocycles. The van der Waals surface area contributed by atoms with Crippen LogP contribution in [0.5, 0.6) is 0 Å². The highest BCUT2D eigenvalue weighted by molar-refractivity contribution is 5.79.